The first kappa shape index (κ1) is 13.2. The van der Waals surface area contributed by atoms with Gasteiger partial charge >= 0.3 is 5.97 Å². The molecule has 6 heteroatoms. The van der Waals surface area contributed by atoms with Crippen LogP contribution in [0, 0.1) is 6.92 Å². The van der Waals surface area contributed by atoms with Crippen molar-refractivity contribution >= 4 is 16.9 Å². The number of carboxylic acids is 1. The van der Waals surface area contributed by atoms with Gasteiger partial charge in [-0.2, -0.15) is 5.10 Å². The van der Waals surface area contributed by atoms with Gasteiger partial charge in [0.05, 0.1) is 22.8 Å². The van der Waals surface area contributed by atoms with Crippen molar-refractivity contribution in [1.82, 2.24) is 14.3 Å². The van der Waals surface area contributed by atoms with Crippen LogP contribution in [0.2, 0.25) is 0 Å². The lowest BCUT2D eigenvalue weighted by Crippen LogP contribution is -2.02. The van der Waals surface area contributed by atoms with Crippen molar-refractivity contribution in [2.75, 3.05) is 0 Å². The zero-order valence-corrected chi connectivity index (χ0v) is 12.0. The Morgan fingerprint density at radius 1 is 1.29 bits per heavy atom. The van der Waals surface area contributed by atoms with Crippen LogP contribution in [0.5, 0.6) is 5.75 Å². The minimum atomic E-state index is -1.04. The molecule has 0 bridgehead atoms. The number of carbonyl (C=O) groups is 1. The van der Waals surface area contributed by atoms with Crippen molar-refractivity contribution in [3.8, 4) is 17.0 Å². The minimum Gasteiger partial charge on any atom is -0.507 e. The molecular weight excluding hydrogens is 270 g/mol. The number of aromatic nitrogens is 3. The predicted octanol–water partition coefficient (Wildman–Crippen LogP) is 2.29. The van der Waals surface area contributed by atoms with E-state index < -0.39 is 5.97 Å². The minimum absolute atomic E-state index is 0.122. The van der Waals surface area contributed by atoms with E-state index in [1.165, 1.54) is 10.9 Å². The molecule has 0 unspecified atom stereocenters. The normalized spacial score (nSPS) is 11.2. The molecule has 2 aromatic heterocycles. The largest absolute Gasteiger partial charge is 0.507 e. The molecule has 2 N–H and O–H groups in total. The maximum atomic E-state index is 11.4. The van der Waals surface area contributed by atoms with Crippen molar-refractivity contribution in [1.29, 1.82) is 0 Å². The summed E-state index contributed by atoms with van der Waals surface area (Å²) in [5.74, 6) is -0.909. The molecule has 0 aliphatic rings. The summed E-state index contributed by atoms with van der Waals surface area (Å²) in [6.45, 7) is 1.90. The van der Waals surface area contributed by atoms with Crippen molar-refractivity contribution in [2.45, 2.75) is 6.92 Å². The van der Waals surface area contributed by atoms with Gasteiger partial charge in [-0.15, -0.1) is 0 Å². The van der Waals surface area contributed by atoms with Crippen LogP contribution in [0.3, 0.4) is 0 Å². The van der Waals surface area contributed by atoms with Gasteiger partial charge in [-0.1, -0.05) is 6.07 Å². The fraction of sp³-hybridized carbons (Fsp3) is 0.200. The van der Waals surface area contributed by atoms with Gasteiger partial charge in [-0.05, 0) is 19.1 Å². The third-order valence-electron chi connectivity index (χ3n) is 3.90. The summed E-state index contributed by atoms with van der Waals surface area (Å²) in [6.07, 6.45) is 1.33. The molecule has 0 radical (unpaired) electrons. The smallest absolute Gasteiger partial charge is 0.339 e. The van der Waals surface area contributed by atoms with Gasteiger partial charge in [0.15, 0.2) is 0 Å². The summed E-state index contributed by atoms with van der Waals surface area (Å²) in [4.78, 5) is 11.4. The lowest BCUT2D eigenvalue weighted by atomic mass is 10.0. The van der Waals surface area contributed by atoms with E-state index in [0.717, 1.165) is 11.2 Å². The highest BCUT2D eigenvalue weighted by Gasteiger charge is 2.24. The molecule has 0 spiro atoms. The Balaban J connectivity index is 2.50. The molecule has 3 aromatic rings. The van der Waals surface area contributed by atoms with Crippen molar-refractivity contribution in [3.05, 3.63) is 35.7 Å². The number of phenols is 1. The van der Waals surface area contributed by atoms with E-state index in [1.807, 2.05) is 24.6 Å². The number of fused-ring (bicyclic) bond motifs is 1. The number of aromatic hydroxyl groups is 1. The van der Waals surface area contributed by atoms with Crippen LogP contribution in [0.4, 0.5) is 0 Å². The van der Waals surface area contributed by atoms with Crippen LogP contribution in [0.1, 0.15) is 16.1 Å². The molecule has 21 heavy (non-hydrogen) atoms. The Morgan fingerprint density at radius 2 is 2.00 bits per heavy atom. The third-order valence-corrected chi connectivity index (χ3v) is 3.90. The van der Waals surface area contributed by atoms with E-state index in [-0.39, 0.29) is 11.3 Å². The van der Waals surface area contributed by atoms with E-state index in [1.54, 1.807) is 19.2 Å². The second-order valence-electron chi connectivity index (χ2n) is 5.03. The summed E-state index contributed by atoms with van der Waals surface area (Å²) >= 11 is 0. The number of hydrogen-bond donors (Lipinski definition) is 2. The highest BCUT2D eigenvalue weighted by atomic mass is 16.4. The summed E-state index contributed by atoms with van der Waals surface area (Å²) < 4.78 is 3.46. The molecule has 2 heterocycles. The van der Waals surface area contributed by atoms with Crippen LogP contribution in [-0.4, -0.2) is 30.5 Å². The van der Waals surface area contributed by atoms with Gasteiger partial charge in [0.25, 0.3) is 0 Å². The van der Waals surface area contributed by atoms with Crippen LogP contribution < -0.4 is 0 Å². The van der Waals surface area contributed by atoms with E-state index >= 15 is 0 Å². The average Bonchev–Trinajstić information content (AvgIpc) is 2.92. The van der Waals surface area contributed by atoms with Gasteiger partial charge < -0.3 is 14.8 Å². The molecule has 0 saturated carbocycles. The van der Waals surface area contributed by atoms with Crippen LogP contribution in [-0.2, 0) is 14.1 Å². The fourth-order valence-corrected chi connectivity index (χ4v) is 2.77. The Kier molecular flexibility index (Phi) is 2.76. The molecule has 108 valence electrons. The topological polar surface area (TPSA) is 80.3 Å². The molecule has 0 aliphatic carbocycles. The number of nitrogens with zero attached hydrogens (tertiary/aromatic N) is 3. The predicted molar refractivity (Wildman–Crippen MR) is 78.5 cm³/mol. The Hall–Kier alpha value is -2.76. The molecule has 0 atom stereocenters. The van der Waals surface area contributed by atoms with Gasteiger partial charge in [0.2, 0.25) is 0 Å². The number of aromatic carboxylic acids is 1. The first-order chi connectivity index (χ1) is 9.93. The van der Waals surface area contributed by atoms with Crippen molar-refractivity contribution in [2.24, 2.45) is 14.1 Å². The molecule has 0 aliphatic heterocycles. The Labute approximate surface area is 120 Å². The third kappa shape index (κ3) is 1.72. The first-order valence-corrected chi connectivity index (χ1v) is 6.46. The fourth-order valence-electron chi connectivity index (χ4n) is 2.77. The number of aryl methyl sites for hydroxylation is 2. The maximum Gasteiger partial charge on any atom is 0.339 e. The number of hydrogen-bond acceptors (Lipinski definition) is 3. The summed E-state index contributed by atoms with van der Waals surface area (Å²) in [6, 6.07) is 5.26. The Morgan fingerprint density at radius 3 is 2.67 bits per heavy atom. The number of phenolic OH excluding ortho intramolecular Hbond substituents is 1. The van der Waals surface area contributed by atoms with E-state index in [9.17, 15) is 15.0 Å². The van der Waals surface area contributed by atoms with Gasteiger partial charge in [-0.3, -0.25) is 4.68 Å². The van der Waals surface area contributed by atoms with Crippen LogP contribution in [0.15, 0.2) is 24.4 Å². The number of carboxylic acid groups (broad SMARTS) is 1. The molecule has 6 nitrogen and oxygen atoms in total. The quantitative estimate of drug-likeness (QED) is 0.757. The molecule has 1 aromatic carbocycles. The SMILES string of the molecule is Cc1c(-c2c(C(=O)O)cnn2C)c2c(O)cccc2n1C. The monoisotopic (exact) mass is 285 g/mol. The molecule has 0 saturated heterocycles. The number of benzene rings is 1. The van der Waals surface area contributed by atoms with E-state index in [4.69, 9.17) is 0 Å². The summed E-state index contributed by atoms with van der Waals surface area (Å²) in [7, 11) is 3.58. The van der Waals surface area contributed by atoms with Gasteiger partial charge in [-0.25, -0.2) is 4.79 Å². The van der Waals surface area contributed by atoms with Crippen LogP contribution in [0.25, 0.3) is 22.2 Å². The summed E-state index contributed by atoms with van der Waals surface area (Å²) in [5.41, 5.74) is 3.03. The lowest BCUT2D eigenvalue weighted by molar-refractivity contribution is 0.0697. The second kappa shape index (κ2) is 4.37. The van der Waals surface area contributed by atoms with E-state index in [2.05, 4.69) is 5.10 Å². The molecular formula is C15H15N3O3. The van der Waals surface area contributed by atoms with Crippen LogP contribution >= 0.6 is 0 Å². The maximum absolute atomic E-state index is 11.4. The number of rotatable bonds is 2. The van der Waals surface area contributed by atoms with Crippen molar-refractivity contribution in [3.63, 3.8) is 0 Å². The van der Waals surface area contributed by atoms with E-state index in [0.29, 0.717) is 16.6 Å². The van der Waals surface area contributed by atoms with Gasteiger partial charge in [0.1, 0.15) is 11.3 Å². The zero-order chi connectivity index (χ0) is 15.3. The zero-order valence-electron chi connectivity index (χ0n) is 12.0. The molecule has 0 amide bonds. The lowest BCUT2D eigenvalue weighted by Gasteiger charge is -2.06. The standard InChI is InChI=1S/C15H15N3O3/c1-8-12(14-9(15(20)21)7-16-18(14)3)13-10(17(8)2)5-4-6-11(13)19/h4-7,19H,1-3H3,(H,20,21). The highest BCUT2D eigenvalue weighted by Crippen LogP contribution is 2.39. The second-order valence-corrected chi connectivity index (χ2v) is 5.03. The highest BCUT2D eigenvalue weighted by molar-refractivity contribution is 6.06. The first-order valence-electron chi connectivity index (χ1n) is 6.46. The van der Waals surface area contributed by atoms with Crippen molar-refractivity contribution < 1.29 is 15.0 Å². The molecule has 0 fully saturated rings. The molecule has 3 rings (SSSR count). The average molecular weight is 285 g/mol. The Bertz CT molecular complexity index is 874. The summed E-state index contributed by atoms with van der Waals surface area (Å²) in [5, 5.41) is 24.3. The van der Waals surface area contributed by atoms with Gasteiger partial charge in [0, 0.05) is 25.4 Å².